The van der Waals surface area contributed by atoms with E-state index in [1.165, 1.54) is 0 Å². The molecule has 0 aromatic heterocycles. The second kappa shape index (κ2) is 8.99. The lowest BCUT2D eigenvalue weighted by atomic mass is 10.2. The summed E-state index contributed by atoms with van der Waals surface area (Å²) in [7, 11) is -2.99. The maximum Gasteiger partial charge on any atom is 0.214 e. The predicted molar refractivity (Wildman–Crippen MR) is 70.1 cm³/mol. The number of hydrogen-bond donors (Lipinski definition) is 0. The van der Waals surface area contributed by atoms with Crippen molar-refractivity contribution >= 4 is 10.0 Å². The molecule has 4 heteroatoms. The maximum absolute atomic E-state index is 12.0. The lowest BCUT2D eigenvalue weighted by Gasteiger charge is -2.20. The van der Waals surface area contributed by atoms with Gasteiger partial charge in [0.25, 0.3) is 0 Å². The van der Waals surface area contributed by atoms with Crippen LogP contribution in [-0.2, 0) is 10.0 Å². The van der Waals surface area contributed by atoms with E-state index in [-0.39, 0.29) is 0 Å². The lowest BCUT2D eigenvalue weighted by molar-refractivity contribution is 0.417. The zero-order chi connectivity index (χ0) is 12.4. The van der Waals surface area contributed by atoms with Crippen molar-refractivity contribution < 1.29 is 8.42 Å². The number of sulfonamides is 1. The molecule has 0 saturated carbocycles. The van der Waals surface area contributed by atoms with Crippen molar-refractivity contribution in [2.75, 3.05) is 18.8 Å². The molecule has 0 fully saturated rings. The third kappa shape index (κ3) is 6.48. The highest BCUT2D eigenvalue weighted by molar-refractivity contribution is 7.89. The Labute approximate surface area is 101 Å². The van der Waals surface area contributed by atoms with Crippen LogP contribution in [0.2, 0.25) is 0 Å². The normalized spacial score (nSPS) is 12.2. The van der Waals surface area contributed by atoms with Crippen molar-refractivity contribution in [1.29, 1.82) is 0 Å². The summed E-state index contributed by atoms with van der Waals surface area (Å²) in [6.07, 6.45) is 6.12. The van der Waals surface area contributed by atoms with Crippen molar-refractivity contribution in [2.45, 2.75) is 59.3 Å². The van der Waals surface area contributed by atoms with Crippen molar-refractivity contribution in [1.82, 2.24) is 4.31 Å². The van der Waals surface area contributed by atoms with Gasteiger partial charge >= 0.3 is 0 Å². The summed E-state index contributed by atoms with van der Waals surface area (Å²) in [6.45, 7) is 7.42. The van der Waals surface area contributed by atoms with Crippen LogP contribution in [0.15, 0.2) is 0 Å². The molecule has 0 spiro atoms. The predicted octanol–water partition coefficient (Wildman–Crippen LogP) is 3.02. The molecule has 0 rings (SSSR count). The Balaban J connectivity index is 4.05. The Morgan fingerprint density at radius 1 is 0.875 bits per heavy atom. The van der Waals surface area contributed by atoms with Crippen molar-refractivity contribution in [3.8, 4) is 0 Å². The average Bonchev–Trinajstić information content (AvgIpc) is 2.25. The molecule has 0 bridgehead atoms. The second-order valence-corrected chi connectivity index (χ2v) is 6.31. The third-order valence-corrected chi connectivity index (χ3v) is 4.80. The van der Waals surface area contributed by atoms with Gasteiger partial charge in [-0.3, -0.25) is 0 Å². The van der Waals surface area contributed by atoms with Crippen LogP contribution in [0, 0.1) is 0 Å². The van der Waals surface area contributed by atoms with Gasteiger partial charge in [0.15, 0.2) is 0 Å². The highest BCUT2D eigenvalue weighted by atomic mass is 32.2. The van der Waals surface area contributed by atoms with Gasteiger partial charge in [-0.05, 0) is 12.8 Å². The van der Waals surface area contributed by atoms with Crippen molar-refractivity contribution in [3.63, 3.8) is 0 Å². The summed E-state index contributed by atoms with van der Waals surface area (Å²) in [6, 6.07) is 0. The van der Waals surface area contributed by atoms with Gasteiger partial charge in [0.05, 0.1) is 5.75 Å². The molecule has 98 valence electrons. The summed E-state index contributed by atoms with van der Waals surface area (Å²) in [5.74, 6) is 0.324. The molecule has 0 aliphatic rings. The second-order valence-electron chi connectivity index (χ2n) is 4.22. The van der Waals surface area contributed by atoms with Crippen molar-refractivity contribution in [3.05, 3.63) is 0 Å². The van der Waals surface area contributed by atoms with Gasteiger partial charge in [-0.1, -0.05) is 46.5 Å². The molecule has 0 saturated heterocycles. The van der Waals surface area contributed by atoms with Crippen LogP contribution in [0.25, 0.3) is 0 Å². The summed E-state index contributed by atoms with van der Waals surface area (Å²) in [5, 5.41) is 0. The largest absolute Gasteiger partial charge is 0.214 e. The first kappa shape index (κ1) is 15.9. The van der Waals surface area contributed by atoms with Crippen molar-refractivity contribution in [2.24, 2.45) is 0 Å². The Bertz CT molecular complexity index is 250. The van der Waals surface area contributed by atoms with Crippen LogP contribution in [-0.4, -0.2) is 31.6 Å². The Hall–Kier alpha value is -0.0900. The molecule has 0 heterocycles. The summed E-state index contributed by atoms with van der Waals surface area (Å²) < 4.78 is 25.5. The highest BCUT2D eigenvalue weighted by Crippen LogP contribution is 2.08. The minimum Gasteiger partial charge on any atom is -0.212 e. The zero-order valence-electron chi connectivity index (χ0n) is 11.0. The summed E-state index contributed by atoms with van der Waals surface area (Å²) in [4.78, 5) is 0. The fourth-order valence-corrected chi connectivity index (χ4v) is 3.30. The van der Waals surface area contributed by atoms with Crippen LogP contribution >= 0.6 is 0 Å². The summed E-state index contributed by atoms with van der Waals surface area (Å²) >= 11 is 0. The third-order valence-electron chi connectivity index (χ3n) is 2.76. The molecule has 3 nitrogen and oxygen atoms in total. The summed E-state index contributed by atoms with van der Waals surface area (Å²) in [5.41, 5.74) is 0. The van der Waals surface area contributed by atoms with Gasteiger partial charge in [0, 0.05) is 13.1 Å². The van der Waals surface area contributed by atoms with Gasteiger partial charge in [-0.25, -0.2) is 12.7 Å². The van der Waals surface area contributed by atoms with E-state index >= 15 is 0 Å². The van der Waals surface area contributed by atoms with E-state index in [4.69, 9.17) is 0 Å². The van der Waals surface area contributed by atoms with Gasteiger partial charge in [-0.15, -0.1) is 0 Å². The van der Waals surface area contributed by atoms with Crippen LogP contribution in [0.4, 0.5) is 0 Å². The molecule has 0 amide bonds. The fraction of sp³-hybridized carbons (Fsp3) is 1.00. The number of rotatable bonds is 10. The maximum atomic E-state index is 12.0. The lowest BCUT2D eigenvalue weighted by Crippen LogP contribution is -2.33. The van der Waals surface area contributed by atoms with Crippen LogP contribution in [0.5, 0.6) is 0 Å². The number of nitrogens with zero attached hydrogens (tertiary/aromatic N) is 1. The van der Waals surface area contributed by atoms with Gasteiger partial charge in [0.1, 0.15) is 0 Å². The topological polar surface area (TPSA) is 37.4 Å². The zero-order valence-corrected chi connectivity index (χ0v) is 11.9. The molecular formula is C12H27NO2S. The minimum absolute atomic E-state index is 0.324. The van der Waals surface area contributed by atoms with Crippen LogP contribution < -0.4 is 0 Å². The molecule has 0 aromatic carbocycles. The Morgan fingerprint density at radius 3 is 2.00 bits per heavy atom. The molecule has 0 aliphatic heterocycles. The van der Waals surface area contributed by atoms with Gasteiger partial charge in [0.2, 0.25) is 10.0 Å². The molecule has 0 unspecified atom stereocenters. The first-order chi connectivity index (χ1) is 7.58. The van der Waals surface area contributed by atoms with E-state index in [1.54, 1.807) is 4.31 Å². The molecule has 0 aliphatic carbocycles. The average molecular weight is 249 g/mol. The molecule has 0 aromatic rings. The highest BCUT2D eigenvalue weighted by Gasteiger charge is 2.18. The van der Waals surface area contributed by atoms with E-state index in [9.17, 15) is 8.42 Å². The Morgan fingerprint density at radius 2 is 1.50 bits per heavy atom. The van der Waals surface area contributed by atoms with E-state index < -0.39 is 10.0 Å². The Kier molecular flexibility index (Phi) is 8.94. The molecular weight excluding hydrogens is 222 g/mol. The molecule has 16 heavy (non-hydrogen) atoms. The first-order valence-corrected chi connectivity index (χ1v) is 8.17. The first-order valence-electron chi connectivity index (χ1n) is 6.56. The number of hydrogen-bond acceptors (Lipinski definition) is 2. The molecule has 0 radical (unpaired) electrons. The SMILES string of the molecule is CCCCCCS(=O)(=O)N(CC)CCCC. The smallest absolute Gasteiger partial charge is 0.212 e. The van der Waals surface area contributed by atoms with E-state index in [0.29, 0.717) is 18.8 Å². The molecule has 0 atom stereocenters. The quantitative estimate of drug-likeness (QED) is 0.558. The van der Waals surface area contributed by atoms with Gasteiger partial charge in [-0.2, -0.15) is 0 Å². The minimum atomic E-state index is -2.99. The van der Waals surface area contributed by atoms with Crippen LogP contribution in [0.1, 0.15) is 59.3 Å². The van der Waals surface area contributed by atoms with E-state index in [2.05, 4.69) is 13.8 Å². The van der Waals surface area contributed by atoms with Gasteiger partial charge < -0.3 is 0 Å². The standard InChI is InChI=1S/C12H27NO2S/c1-4-7-9-10-12-16(14,15)13(6-3)11-8-5-2/h4-12H2,1-3H3. The van der Waals surface area contributed by atoms with E-state index in [1.807, 2.05) is 6.92 Å². The number of unbranched alkanes of at least 4 members (excludes halogenated alkanes) is 4. The van der Waals surface area contributed by atoms with Crippen LogP contribution in [0.3, 0.4) is 0 Å². The van der Waals surface area contributed by atoms with E-state index in [0.717, 1.165) is 38.5 Å². The fourth-order valence-electron chi connectivity index (χ4n) is 1.67. The molecule has 0 N–H and O–H groups in total. The monoisotopic (exact) mass is 249 g/mol.